The molecule has 3 rings (SSSR count). The van der Waals surface area contributed by atoms with E-state index in [2.05, 4.69) is 4.98 Å². The van der Waals surface area contributed by atoms with Gasteiger partial charge in [0, 0.05) is 11.4 Å². The maximum Gasteiger partial charge on any atom is 0.185 e. The molecule has 3 aromatic rings. The first-order valence-corrected chi connectivity index (χ1v) is 8.65. The number of rotatable bonds is 5. The molecule has 0 saturated heterocycles. The first kappa shape index (κ1) is 16.8. The fraction of sp³-hybridized carbons (Fsp3) is 0.105. The van der Waals surface area contributed by atoms with Gasteiger partial charge in [-0.2, -0.15) is 5.26 Å². The van der Waals surface area contributed by atoms with Crippen LogP contribution in [0.3, 0.4) is 0 Å². The fourth-order valence-corrected chi connectivity index (χ4v) is 3.40. The van der Waals surface area contributed by atoms with Gasteiger partial charge in [-0.3, -0.25) is 9.36 Å². The number of nitrogens with two attached hydrogens (primary N) is 1. The fourth-order valence-electron chi connectivity index (χ4n) is 2.50. The highest BCUT2D eigenvalue weighted by molar-refractivity contribution is 7.99. The van der Waals surface area contributed by atoms with E-state index >= 15 is 0 Å². The number of carbonyl (C=O) groups is 1. The number of carbonyl (C=O) groups excluding carboxylic acids is 1. The smallest absolute Gasteiger partial charge is 0.185 e. The molecule has 2 N–H and O–H groups in total. The third-order valence-electron chi connectivity index (χ3n) is 3.66. The van der Waals surface area contributed by atoms with Crippen molar-refractivity contribution in [2.24, 2.45) is 5.73 Å². The maximum absolute atomic E-state index is 12.2. The van der Waals surface area contributed by atoms with Crippen molar-refractivity contribution in [2.45, 2.75) is 12.1 Å². The topological polar surface area (TPSA) is 84.7 Å². The minimum Gasteiger partial charge on any atom is -0.401 e. The zero-order valence-corrected chi connectivity index (χ0v) is 14.5. The SMILES string of the molecule is C/C(N)=C(/C#N)C(=O)CSc1nc2ccccc2n1-c1ccccc1. The second-order valence-corrected chi connectivity index (χ2v) is 6.38. The molecule has 0 aliphatic rings. The van der Waals surface area contributed by atoms with Gasteiger partial charge in [-0.25, -0.2) is 4.98 Å². The number of benzene rings is 2. The summed E-state index contributed by atoms with van der Waals surface area (Å²) < 4.78 is 2.01. The zero-order chi connectivity index (χ0) is 17.8. The van der Waals surface area contributed by atoms with Crippen LogP contribution < -0.4 is 5.73 Å². The van der Waals surface area contributed by atoms with Gasteiger partial charge in [0.1, 0.15) is 11.6 Å². The molecule has 0 bridgehead atoms. The lowest BCUT2D eigenvalue weighted by Crippen LogP contribution is -2.10. The lowest BCUT2D eigenvalue weighted by Gasteiger charge is -2.08. The van der Waals surface area contributed by atoms with Crippen LogP contribution in [0.5, 0.6) is 0 Å². The number of Topliss-reactive ketones (excluding diaryl/α,β-unsaturated/α-hetero) is 1. The minimum absolute atomic E-state index is 0.00914. The van der Waals surface area contributed by atoms with Crippen molar-refractivity contribution < 1.29 is 4.79 Å². The Morgan fingerprint density at radius 3 is 2.56 bits per heavy atom. The van der Waals surface area contributed by atoms with Crippen molar-refractivity contribution in [3.05, 3.63) is 65.9 Å². The number of fused-ring (bicyclic) bond motifs is 1. The molecule has 0 spiro atoms. The minimum atomic E-state index is -0.292. The quantitative estimate of drug-likeness (QED) is 0.434. The molecule has 0 unspecified atom stereocenters. The lowest BCUT2D eigenvalue weighted by molar-refractivity contribution is -0.112. The average Bonchev–Trinajstić information content (AvgIpc) is 2.99. The summed E-state index contributed by atoms with van der Waals surface area (Å²) in [7, 11) is 0. The van der Waals surface area contributed by atoms with E-state index in [4.69, 9.17) is 11.0 Å². The molecule has 124 valence electrons. The molecule has 0 fully saturated rings. The van der Waals surface area contributed by atoms with Gasteiger partial charge >= 0.3 is 0 Å². The molecular formula is C19H16N4OS. The predicted octanol–water partition coefficient (Wildman–Crippen LogP) is 3.44. The molecule has 6 heteroatoms. The van der Waals surface area contributed by atoms with Crippen LogP contribution in [-0.4, -0.2) is 21.1 Å². The summed E-state index contributed by atoms with van der Waals surface area (Å²) in [5.41, 5.74) is 8.65. The monoisotopic (exact) mass is 348 g/mol. The number of aromatic nitrogens is 2. The van der Waals surface area contributed by atoms with E-state index < -0.39 is 0 Å². The van der Waals surface area contributed by atoms with Gasteiger partial charge in [-0.1, -0.05) is 42.1 Å². The summed E-state index contributed by atoms with van der Waals surface area (Å²) in [6.07, 6.45) is 0. The van der Waals surface area contributed by atoms with Crippen LogP contribution in [0.4, 0.5) is 0 Å². The predicted molar refractivity (Wildman–Crippen MR) is 99.3 cm³/mol. The van der Waals surface area contributed by atoms with Crippen LogP contribution in [0.2, 0.25) is 0 Å². The van der Waals surface area contributed by atoms with Gasteiger partial charge in [0.15, 0.2) is 10.9 Å². The highest BCUT2D eigenvalue weighted by atomic mass is 32.2. The van der Waals surface area contributed by atoms with Crippen molar-refractivity contribution in [3.8, 4) is 11.8 Å². The van der Waals surface area contributed by atoms with Crippen LogP contribution in [-0.2, 0) is 4.79 Å². The largest absolute Gasteiger partial charge is 0.401 e. The lowest BCUT2D eigenvalue weighted by atomic mass is 10.2. The highest BCUT2D eigenvalue weighted by Crippen LogP contribution is 2.28. The number of nitrogens with zero attached hydrogens (tertiary/aromatic N) is 3. The molecule has 0 radical (unpaired) electrons. The van der Waals surface area contributed by atoms with Crippen LogP contribution >= 0.6 is 11.8 Å². The third-order valence-corrected chi connectivity index (χ3v) is 4.60. The molecule has 5 nitrogen and oxygen atoms in total. The van der Waals surface area contributed by atoms with Crippen LogP contribution in [0.1, 0.15) is 6.92 Å². The van der Waals surface area contributed by atoms with E-state index in [-0.39, 0.29) is 22.8 Å². The number of hydrogen-bond acceptors (Lipinski definition) is 5. The molecule has 2 aromatic carbocycles. The van der Waals surface area contributed by atoms with Gasteiger partial charge < -0.3 is 5.73 Å². The Balaban J connectivity index is 1.99. The molecule has 0 atom stereocenters. The van der Waals surface area contributed by atoms with E-state index in [0.717, 1.165) is 16.7 Å². The molecular weight excluding hydrogens is 332 g/mol. The first-order chi connectivity index (χ1) is 12.1. The van der Waals surface area contributed by atoms with Crippen molar-refractivity contribution in [2.75, 3.05) is 5.75 Å². The maximum atomic E-state index is 12.2. The molecule has 0 aliphatic carbocycles. The highest BCUT2D eigenvalue weighted by Gasteiger charge is 2.17. The summed E-state index contributed by atoms with van der Waals surface area (Å²) in [5, 5.41) is 9.77. The van der Waals surface area contributed by atoms with Crippen LogP contribution in [0.25, 0.3) is 16.7 Å². The van der Waals surface area contributed by atoms with E-state index in [1.165, 1.54) is 11.8 Å². The summed E-state index contributed by atoms with van der Waals surface area (Å²) in [6.45, 7) is 1.56. The van der Waals surface area contributed by atoms with E-state index in [1.54, 1.807) is 6.92 Å². The molecule has 0 amide bonds. The Labute approximate surface area is 149 Å². The van der Waals surface area contributed by atoms with Gasteiger partial charge in [-0.05, 0) is 31.2 Å². The molecule has 0 aliphatic heterocycles. The number of nitriles is 1. The van der Waals surface area contributed by atoms with E-state index in [1.807, 2.05) is 65.2 Å². The normalized spacial score (nSPS) is 11.8. The van der Waals surface area contributed by atoms with Gasteiger partial charge in [0.25, 0.3) is 0 Å². The number of para-hydroxylation sites is 3. The van der Waals surface area contributed by atoms with Crippen molar-refractivity contribution in [3.63, 3.8) is 0 Å². The number of thioether (sulfide) groups is 1. The van der Waals surface area contributed by atoms with E-state index in [0.29, 0.717) is 5.16 Å². The second-order valence-electron chi connectivity index (χ2n) is 5.44. The number of ketones is 1. The standard InChI is InChI=1S/C19H16N4OS/c1-13(21)15(11-20)18(24)12-25-19-22-16-9-5-6-10-17(16)23(19)14-7-3-2-4-8-14/h2-10H,12,21H2,1H3/b15-13+. The Kier molecular flexibility index (Phi) is 4.87. The van der Waals surface area contributed by atoms with Crippen molar-refractivity contribution >= 4 is 28.6 Å². The first-order valence-electron chi connectivity index (χ1n) is 7.67. The Hall–Kier alpha value is -3.04. The summed E-state index contributed by atoms with van der Waals surface area (Å²) in [6, 6.07) is 19.5. The van der Waals surface area contributed by atoms with Crippen LogP contribution in [0, 0.1) is 11.3 Å². The summed E-state index contributed by atoms with van der Waals surface area (Å²) in [4.78, 5) is 16.9. The zero-order valence-electron chi connectivity index (χ0n) is 13.6. The Bertz CT molecular complexity index is 995. The third kappa shape index (κ3) is 3.42. The summed E-state index contributed by atoms with van der Waals surface area (Å²) in [5.74, 6) is -0.188. The summed E-state index contributed by atoms with van der Waals surface area (Å²) >= 11 is 1.30. The Morgan fingerprint density at radius 2 is 1.88 bits per heavy atom. The van der Waals surface area contributed by atoms with Crippen molar-refractivity contribution in [1.82, 2.24) is 9.55 Å². The number of hydrogen-bond donors (Lipinski definition) is 1. The second kappa shape index (κ2) is 7.24. The average molecular weight is 348 g/mol. The number of allylic oxidation sites excluding steroid dienone is 2. The molecule has 1 heterocycles. The van der Waals surface area contributed by atoms with Crippen molar-refractivity contribution in [1.29, 1.82) is 5.26 Å². The van der Waals surface area contributed by atoms with Crippen LogP contribution in [0.15, 0.2) is 71.0 Å². The number of imidazole rings is 1. The molecule has 0 saturated carbocycles. The van der Waals surface area contributed by atoms with Gasteiger partial charge in [0.05, 0.1) is 16.8 Å². The Morgan fingerprint density at radius 1 is 1.20 bits per heavy atom. The van der Waals surface area contributed by atoms with Gasteiger partial charge in [-0.15, -0.1) is 0 Å². The van der Waals surface area contributed by atoms with Gasteiger partial charge in [0.2, 0.25) is 0 Å². The molecule has 1 aromatic heterocycles. The molecule has 25 heavy (non-hydrogen) atoms. The van der Waals surface area contributed by atoms with E-state index in [9.17, 15) is 4.79 Å².